The Morgan fingerprint density at radius 2 is 2.00 bits per heavy atom. The van der Waals surface area contributed by atoms with E-state index in [4.69, 9.17) is 14.4 Å². The molecule has 1 heterocycles. The number of carbonyl (C=O) groups excluding carboxylic acids is 1. The highest BCUT2D eigenvalue weighted by molar-refractivity contribution is 7.91. The Bertz CT molecular complexity index is 837. The highest BCUT2D eigenvalue weighted by Crippen LogP contribution is 2.08. The zero-order chi connectivity index (χ0) is 18.8. The summed E-state index contributed by atoms with van der Waals surface area (Å²) in [4.78, 5) is 11.8. The maximum atomic E-state index is 12.1. The molecule has 7 nitrogen and oxygen atoms in total. The second-order valence-corrected chi connectivity index (χ2v) is 7.74. The van der Waals surface area contributed by atoms with Crippen LogP contribution in [0.1, 0.15) is 23.3 Å². The molecule has 0 bridgehead atoms. The van der Waals surface area contributed by atoms with Crippen LogP contribution >= 0.6 is 0 Å². The van der Waals surface area contributed by atoms with Gasteiger partial charge < -0.3 is 14.5 Å². The molecule has 0 aliphatic heterocycles. The van der Waals surface area contributed by atoms with E-state index >= 15 is 0 Å². The molecule has 0 spiro atoms. The van der Waals surface area contributed by atoms with E-state index in [1.54, 1.807) is 42.7 Å². The Balaban J connectivity index is 1.64. The SMILES string of the molecule is N#Cc1ccc(CS(=O)(=O)CC(=O)NCCCOCc2ccco2)cc1. The van der Waals surface area contributed by atoms with Crippen LogP contribution in [0.15, 0.2) is 47.1 Å². The average Bonchev–Trinajstić information content (AvgIpc) is 3.11. The van der Waals surface area contributed by atoms with E-state index in [0.29, 0.717) is 37.3 Å². The van der Waals surface area contributed by atoms with Crippen molar-refractivity contribution >= 4 is 15.7 Å². The standard InChI is InChI=1S/C18H20N2O5S/c19-11-15-4-6-16(7-5-15)13-26(22,23)14-18(21)20-8-2-9-24-12-17-3-1-10-25-17/h1,3-7,10H,2,8-9,12-14H2,(H,20,21). The van der Waals surface area contributed by atoms with Crippen LogP contribution in [0.5, 0.6) is 0 Å². The van der Waals surface area contributed by atoms with Gasteiger partial charge in [0.15, 0.2) is 9.84 Å². The first kappa shape index (κ1) is 19.7. The van der Waals surface area contributed by atoms with Gasteiger partial charge >= 0.3 is 0 Å². The number of nitriles is 1. The maximum absolute atomic E-state index is 12.1. The smallest absolute Gasteiger partial charge is 0.235 e. The number of carbonyl (C=O) groups is 1. The molecule has 1 aromatic carbocycles. The minimum absolute atomic E-state index is 0.238. The van der Waals surface area contributed by atoms with E-state index in [1.165, 1.54) is 0 Å². The van der Waals surface area contributed by atoms with E-state index in [9.17, 15) is 13.2 Å². The first-order chi connectivity index (χ1) is 12.5. The summed E-state index contributed by atoms with van der Waals surface area (Å²) in [5.41, 5.74) is 1.00. The fourth-order valence-corrected chi connectivity index (χ4v) is 3.50. The van der Waals surface area contributed by atoms with Crippen LogP contribution in [-0.4, -0.2) is 33.2 Å². The molecule has 1 aromatic heterocycles. The van der Waals surface area contributed by atoms with Gasteiger partial charge in [-0.3, -0.25) is 4.79 Å². The number of sulfone groups is 1. The molecule has 2 aromatic rings. The summed E-state index contributed by atoms with van der Waals surface area (Å²) >= 11 is 0. The Morgan fingerprint density at radius 3 is 2.65 bits per heavy atom. The van der Waals surface area contributed by atoms with Crippen molar-refractivity contribution in [3.8, 4) is 6.07 Å². The second kappa shape index (κ2) is 9.75. The van der Waals surface area contributed by atoms with Crippen molar-refractivity contribution < 1.29 is 22.4 Å². The predicted octanol–water partition coefficient (Wildman–Crippen LogP) is 1.79. The molecule has 0 atom stereocenters. The summed E-state index contributed by atoms with van der Waals surface area (Å²) in [7, 11) is -3.57. The average molecular weight is 376 g/mol. The molecule has 0 radical (unpaired) electrons. The van der Waals surface area contributed by atoms with Crippen molar-refractivity contribution in [2.75, 3.05) is 18.9 Å². The molecule has 1 amide bonds. The minimum Gasteiger partial charge on any atom is -0.467 e. The third-order valence-electron chi connectivity index (χ3n) is 3.43. The van der Waals surface area contributed by atoms with Crippen molar-refractivity contribution in [1.29, 1.82) is 5.26 Å². The number of furan rings is 1. The minimum atomic E-state index is -3.57. The largest absolute Gasteiger partial charge is 0.467 e. The number of benzene rings is 1. The van der Waals surface area contributed by atoms with Crippen LogP contribution in [0, 0.1) is 11.3 Å². The molecular formula is C18H20N2O5S. The lowest BCUT2D eigenvalue weighted by atomic mass is 10.2. The Hall–Kier alpha value is -2.63. The van der Waals surface area contributed by atoms with Crippen molar-refractivity contribution in [2.24, 2.45) is 0 Å². The number of ether oxygens (including phenoxy) is 1. The highest BCUT2D eigenvalue weighted by Gasteiger charge is 2.17. The molecular weight excluding hydrogens is 356 g/mol. The van der Waals surface area contributed by atoms with Crippen LogP contribution in [0.25, 0.3) is 0 Å². The topological polar surface area (TPSA) is 109 Å². The van der Waals surface area contributed by atoms with Crippen molar-refractivity contribution in [1.82, 2.24) is 5.32 Å². The fourth-order valence-electron chi connectivity index (χ4n) is 2.20. The molecule has 2 rings (SSSR count). The van der Waals surface area contributed by atoms with E-state index in [1.807, 2.05) is 6.07 Å². The predicted molar refractivity (Wildman–Crippen MR) is 94.6 cm³/mol. The van der Waals surface area contributed by atoms with Gasteiger partial charge in [-0.15, -0.1) is 0 Å². The Labute approximate surface area is 152 Å². The van der Waals surface area contributed by atoms with Gasteiger partial charge in [0, 0.05) is 13.2 Å². The van der Waals surface area contributed by atoms with E-state index in [0.717, 1.165) is 5.76 Å². The van der Waals surface area contributed by atoms with Crippen molar-refractivity contribution in [2.45, 2.75) is 18.8 Å². The Kier molecular flexibility index (Phi) is 7.38. The lowest BCUT2D eigenvalue weighted by Gasteiger charge is -2.07. The summed E-state index contributed by atoms with van der Waals surface area (Å²) in [6.07, 6.45) is 2.14. The molecule has 0 unspecified atom stereocenters. The first-order valence-electron chi connectivity index (χ1n) is 8.05. The number of nitrogens with zero attached hydrogens (tertiary/aromatic N) is 1. The molecule has 0 aliphatic carbocycles. The molecule has 0 fully saturated rings. The molecule has 0 saturated carbocycles. The lowest BCUT2D eigenvalue weighted by Crippen LogP contribution is -2.32. The molecule has 0 saturated heterocycles. The summed E-state index contributed by atoms with van der Waals surface area (Å²) in [5, 5.41) is 11.3. The normalized spacial score (nSPS) is 11.0. The Morgan fingerprint density at radius 1 is 1.23 bits per heavy atom. The van der Waals surface area contributed by atoms with Gasteiger partial charge in [-0.05, 0) is 36.2 Å². The van der Waals surface area contributed by atoms with E-state index in [2.05, 4.69) is 5.32 Å². The van der Waals surface area contributed by atoms with Gasteiger partial charge in [0.1, 0.15) is 18.1 Å². The third-order valence-corrected chi connectivity index (χ3v) is 4.91. The molecule has 0 aliphatic rings. The van der Waals surface area contributed by atoms with Crippen molar-refractivity contribution in [3.05, 3.63) is 59.5 Å². The summed E-state index contributed by atoms with van der Waals surface area (Å²) in [6, 6.07) is 11.8. The third kappa shape index (κ3) is 7.09. The van der Waals surface area contributed by atoms with Crippen LogP contribution in [0.3, 0.4) is 0 Å². The van der Waals surface area contributed by atoms with Crippen LogP contribution in [0.4, 0.5) is 0 Å². The van der Waals surface area contributed by atoms with Gasteiger partial charge in [0.05, 0.1) is 23.6 Å². The molecule has 138 valence electrons. The lowest BCUT2D eigenvalue weighted by molar-refractivity contribution is -0.118. The second-order valence-electron chi connectivity index (χ2n) is 5.68. The van der Waals surface area contributed by atoms with Gasteiger partial charge in [-0.25, -0.2) is 8.42 Å². The van der Waals surface area contributed by atoms with Gasteiger partial charge in [-0.1, -0.05) is 12.1 Å². The summed E-state index contributed by atoms with van der Waals surface area (Å²) < 4.78 is 34.6. The van der Waals surface area contributed by atoms with Crippen LogP contribution in [0.2, 0.25) is 0 Å². The van der Waals surface area contributed by atoms with Crippen LogP contribution in [-0.2, 0) is 31.7 Å². The monoisotopic (exact) mass is 376 g/mol. The first-order valence-corrected chi connectivity index (χ1v) is 9.87. The summed E-state index contributed by atoms with van der Waals surface area (Å²) in [5.74, 6) is -0.619. The van der Waals surface area contributed by atoms with E-state index in [-0.39, 0.29) is 5.75 Å². The number of amides is 1. The number of hydrogen-bond donors (Lipinski definition) is 1. The molecule has 26 heavy (non-hydrogen) atoms. The van der Waals surface area contributed by atoms with Crippen LogP contribution < -0.4 is 5.32 Å². The van der Waals surface area contributed by atoms with Gasteiger partial charge in [-0.2, -0.15) is 5.26 Å². The molecule has 8 heteroatoms. The van der Waals surface area contributed by atoms with Crippen molar-refractivity contribution in [3.63, 3.8) is 0 Å². The summed E-state index contributed by atoms with van der Waals surface area (Å²) in [6.45, 7) is 1.13. The maximum Gasteiger partial charge on any atom is 0.235 e. The number of rotatable bonds is 10. The molecule has 1 N–H and O–H groups in total. The number of nitrogens with one attached hydrogen (secondary N) is 1. The zero-order valence-corrected chi connectivity index (χ0v) is 15.0. The van der Waals surface area contributed by atoms with Gasteiger partial charge in [0.25, 0.3) is 0 Å². The van der Waals surface area contributed by atoms with Gasteiger partial charge in [0.2, 0.25) is 5.91 Å². The number of hydrogen-bond acceptors (Lipinski definition) is 6. The highest BCUT2D eigenvalue weighted by atomic mass is 32.2. The van der Waals surface area contributed by atoms with E-state index < -0.39 is 21.5 Å². The quantitative estimate of drug-likeness (QED) is 0.633. The fraction of sp³-hybridized carbons (Fsp3) is 0.333. The zero-order valence-electron chi connectivity index (χ0n) is 14.2.